The van der Waals surface area contributed by atoms with Crippen molar-refractivity contribution < 1.29 is 19.1 Å². The minimum absolute atomic E-state index is 0.114. The number of Topliss-reactive ketones (excluding diaryl/α,β-unsaturated/α-hetero) is 1. The maximum atomic E-state index is 12.1. The normalized spacial score (nSPS) is 11.1. The number of benzene rings is 2. The number of nitriles is 1. The zero-order valence-electron chi connectivity index (χ0n) is 13.8. The first-order valence-electron chi connectivity index (χ1n) is 7.53. The third-order valence-electron chi connectivity index (χ3n) is 3.44. The molecule has 0 aliphatic rings. The highest BCUT2D eigenvalue weighted by molar-refractivity contribution is 5.99. The van der Waals surface area contributed by atoms with Gasteiger partial charge in [-0.3, -0.25) is 9.59 Å². The van der Waals surface area contributed by atoms with Crippen LogP contribution >= 0.6 is 0 Å². The molecule has 0 aromatic heterocycles. The second-order valence-electron chi connectivity index (χ2n) is 5.36. The summed E-state index contributed by atoms with van der Waals surface area (Å²) in [6.45, 7) is 2.88. The number of hydrogen-bond donors (Lipinski definition) is 1. The molecule has 0 saturated carbocycles. The number of rotatable bonds is 5. The molecule has 0 spiro atoms. The van der Waals surface area contributed by atoms with Crippen LogP contribution in [0.4, 0.5) is 5.69 Å². The van der Waals surface area contributed by atoms with E-state index in [1.807, 2.05) is 6.07 Å². The van der Waals surface area contributed by atoms with Gasteiger partial charge in [0, 0.05) is 11.3 Å². The number of ether oxygens (including phenoxy) is 1. The molecular formula is C19H16N2O4. The average molecular weight is 336 g/mol. The van der Waals surface area contributed by atoms with Crippen LogP contribution in [0.25, 0.3) is 0 Å². The van der Waals surface area contributed by atoms with Crippen LogP contribution in [-0.2, 0) is 9.53 Å². The number of carbonyl (C=O) groups excluding carboxylic acids is 3. The summed E-state index contributed by atoms with van der Waals surface area (Å²) in [5.41, 5.74) is 1.59. The van der Waals surface area contributed by atoms with Crippen LogP contribution in [0.2, 0.25) is 0 Å². The van der Waals surface area contributed by atoms with Crippen molar-refractivity contribution in [2.75, 3.05) is 5.32 Å². The highest BCUT2D eigenvalue weighted by Crippen LogP contribution is 2.13. The van der Waals surface area contributed by atoms with Gasteiger partial charge >= 0.3 is 5.97 Å². The molecule has 0 radical (unpaired) electrons. The minimum Gasteiger partial charge on any atom is -0.449 e. The summed E-state index contributed by atoms with van der Waals surface area (Å²) >= 11 is 0. The van der Waals surface area contributed by atoms with E-state index in [1.165, 1.54) is 38.1 Å². The predicted octanol–water partition coefficient (Wildman–Crippen LogP) is 2.94. The van der Waals surface area contributed by atoms with Crippen LogP contribution in [0.1, 0.15) is 40.1 Å². The van der Waals surface area contributed by atoms with Gasteiger partial charge in [0.05, 0.1) is 17.2 Å². The Morgan fingerprint density at radius 1 is 1.08 bits per heavy atom. The van der Waals surface area contributed by atoms with Crippen molar-refractivity contribution >= 4 is 23.3 Å². The van der Waals surface area contributed by atoms with Gasteiger partial charge in [-0.15, -0.1) is 0 Å². The van der Waals surface area contributed by atoms with E-state index in [0.717, 1.165) is 0 Å². The largest absolute Gasteiger partial charge is 0.449 e. The van der Waals surface area contributed by atoms with E-state index in [1.54, 1.807) is 24.3 Å². The number of nitrogens with zero attached hydrogens (tertiary/aromatic N) is 1. The summed E-state index contributed by atoms with van der Waals surface area (Å²) < 4.78 is 5.12. The van der Waals surface area contributed by atoms with Gasteiger partial charge < -0.3 is 10.1 Å². The quantitative estimate of drug-likeness (QED) is 0.669. The molecule has 0 saturated heterocycles. The Bertz CT molecular complexity index is 850. The van der Waals surface area contributed by atoms with Crippen molar-refractivity contribution in [2.45, 2.75) is 20.0 Å². The van der Waals surface area contributed by atoms with Crippen LogP contribution in [-0.4, -0.2) is 23.8 Å². The Labute approximate surface area is 145 Å². The maximum Gasteiger partial charge on any atom is 0.338 e. The lowest BCUT2D eigenvalue weighted by molar-refractivity contribution is -0.123. The van der Waals surface area contributed by atoms with Crippen LogP contribution < -0.4 is 5.32 Å². The molecule has 1 atom stereocenters. The number of esters is 1. The summed E-state index contributed by atoms with van der Waals surface area (Å²) in [6, 6.07) is 14.3. The summed E-state index contributed by atoms with van der Waals surface area (Å²) in [7, 11) is 0. The van der Waals surface area contributed by atoms with Gasteiger partial charge in [0.25, 0.3) is 5.91 Å². The zero-order chi connectivity index (χ0) is 18.4. The van der Waals surface area contributed by atoms with Crippen molar-refractivity contribution in [3.63, 3.8) is 0 Å². The number of amides is 1. The second-order valence-corrected chi connectivity index (χ2v) is 5.36. The highest BCUT2D eigenvalue weighted by atomic mass is 16.5. The molecule has 25 heavy (non-hydrogen) atoms. The van der Waals surface area contributed by atoms with E-state index in [4.69, 9.17) is 10.00 Å². The summed E-state index contributed by atoms with van der Waals surface area (Å²) in [5, 5.41) is 11.3. The molecule has 6 nitrogen and oxygen atoms in total. The third-order valence-corrected chi connectivity index (χ3v) is 3.44. The molecule has 2 aromatic rings. The fraction of sp³-hybridized carbons (Fsp3) is 0.158. The van der Waals surface area contributed by atoms with E-state index >= 15 is 0 Å². The number of carbonyl (C=O) groups is 3. The lowest BCUT2D eigenvalue weighted by atomic mass is 10.1. The third kappa shape index (κ3) is 4.75. The van der Waals surface area contributed by atoms with Gasteiger partial charge in [-0.2, -0.15) is 5.26 Å². The molecule has 1 amide bonds. The monoisotopic (exact) mass is 336 g/mol. The standard InChI is InChI=1S/C19H16N2O4/c1-12(22)16-4-3-5-17(10-16)21-18(23)13(2)25-19(24)15-8-6-14(11-20)7-9-15/h3-10,13H,1-2H3,(H,21,23)/t13-/m1/s1. The predicted molar refractivity (Wildman–Crippen MR) is 91.1 cm³/mol. The van der Waals surface area contributed by atoms with Gasteiger partial charge in [-0.25, -0.2) is 4.79 Å². The fourth-order valence-corrected chi connectivity index (χ4v) is 2.02. The molecule has 0 aliphatic carbocycles. The van der Waals surface area contributed by atoms with Crippen molar-refractivity contribution in [3.8, 4) is 6.07 Å². The number of hydrogen-bond acceptors (Lipinski definition) is 5. The molecule has 0 unspecified atom stereocenters. The van der Waals surface area contributed by atoms with Crippen molar-refractivity contribution in [1.29, 1.82) is 5.26 Å². The Morgan fingerprint density at radius 2 is 1.76 bits per heavy atom. The first-order chi connectivity index (χ1) is 11.9. The smallest absolute Gasteiger partial charge is 0.338 e. The van der Waals surface area contributed by atoms with Crippen LogP contribution in [0.5, 0.6) is 0 Å². The Kier molecular flexibility index (Phi) is 5.64. The molecule has 1 N–H and O–H groups in total. The molecule has 0 heterocycles. The maximum absolute atomic E-state index is 12.1. The molecular weight excluding hydrogens is 320 g/mol. The average Bonchev–Trinajstić information content (AvgIpc) is 2.61. The summed E-state index contributed by atoms with van der Waals surface area (Å²) in [4.78, 5) is 35.5. The van der Waals surface area contributed by atoms with E-state index in [-0.39, 0.29) is 11.3 Å². The molecule has 0 fully saturated rings. The molecule has 2 aromatic carbocycles. The van der Waals surface area contributed by atoms with E-state index in [0.29, 0.717) is 16.8 Å². The molecule has 0 bridgehead atoms. The van der Waals surface area contributed by atoms with Gasteiger partial charge in [-0.05, 0) is 50.2 Å². The first kappa shape index (κ1) is 17.9. The van der Waals surface area contributed by atoms with Gasteiger partial charge in [0.1, 0.15) is 0 Å². The number of nitrogens with one attached hydrogen (secondary N) is 1. The molecule has 0 aliphatic heterocycles. The Morgan fingerprint density at radius 3 is 2.36 bits per heavy atom. The van der Waals surface area contributed by atoms with E-state index < -0.39 is 18.0 Å². The molecule has 6 heteroatoms. The van der Waals surface area contributed by atoms with Crippen LogP contribution in [0.15, 0.2) is 48.5 Å². The Balaban J connectivity index is 1.99. The van der Waals surface area contributed by atoms with Crippen molar-refractivity contribution in [1.82, 2.24) is 0 Å². The summed E-state index contributed by atoms with van der Waals surface area (Å²) in [5.74, 6) is -1.29. The van der Waals surface area contributed by atoms with Crippen LogP contribution in [0, 0.1) is 11.3 Å². The van der Waals surface area contributed by atoms with Crippen molar-refractivity contribution in [3.05, 3.63) is 65.2 Å². The Hall–Kier alpha value is -3.46. The minimum atomic E-state index is -1.02. The number of ketones is 1. The number of anilines is 1. The molecule has 2 rings (SSSR count). The first-order valence-corrected chi connectivity index (χ1v) is 7.53. The second kappa shape index (κ2) is 7.88. The summed E-state index contributed by atoms with van der Waals surface area (Å²) in [6.07, 6.45) is -1.02. The van der Waals surface area contributed by atoms with Gasteiger partial charge in [0.15, 0.2) is 11.9 Å². The van der Waals surface area contributed by atoms with E-state index in [2.05, 4.69) is 5.32 Å². The molecule has 126 valence electrons. The van der Waals surface area contributed by atoms with Gasteiger partial charge in [-0.1, -0.05) is 12.1 Å². The fourth-order valence-electron chi connectivity index (χ4n) is 2.02. The lowest BCUT2D eigenvalue weighted by Crippen LogP contribution is -2.30. The van der Waals surface area contributed by atoms with E-state index in [9.17, 15) is 14.4 Å². The topological polar surface area (TPSA) is 96.3 Å². The lowest BCUT2D eigenvalue weighted by Gasteiger charge is -2.14. The highest BCUT2D eigenvalue weighted by Gasteiger charge is 2.19. The SMILES string of the molecule is CC(=O)c1cccc(NC(=O)[C@@H](C)OC(=O)c2ccc(C#N)cc2)c1. The van der Waals surface area contributed by atoms with Crippen molar-refractivity contribution in [2.24, 2.45) is 0 Å². The van der Waals surface area contributed by atoms with Gasteiger partial charge in [0.2, 0.25) is 0 Å². The zero-order valence-corrected chi connectivity index (χ0v) is 13.8. The van der Waals surface area contributed by atoms with Crippen LogP contribution in [0.3, 0.4) is 0 Å².